The van der Waals surface area contributed by atoms with E-state index in [1.807, 2.05) is 50.2 Å². The van der Waals surface area contributed by atoms with Gasteiger partial charge in [0.15, 0.2) is 0 Å². The van der Waals surface area contributed by atoms with Crippen LogP contribution in [0.4, 0.5) is 5.69 Å². The number of halogens is 2. The number of rotatable bonds is 16. The first kappa shape index (κ1) is 36.0. The molecule has 0 spiro atoms. The van der Waals surface area contributed by atoms with E-state index in [1.54, 1.807) is 54.6 Å². The van der Waals surface area contributed by atoms with Gasteiger partial charge in [-0.3, -0.25) is 13.9 Å². The Hall–Kier alpha value is -3.86. The fourth-order valence-corrected chi connectivity index (χ4v) is 6.92. The predicted molar refractivity (Wildman–Crippen MR) is 190 cm³/mol. The van der Waals surface area contributed by atoms with Crippen LogP contribution in [0.1, 0.15) is 37.8 Å². The van der Waals surface area contributed by atoms with Crippen LogP contribution in [0.2, 0.25) is 5.02 Å². The van der Waals surface area contributed by atoms with Crippen LogP contribution in [0.15, 0.2) is 112 Å². The number of carbonyl (C=O) groups excluding carboxylic acids is 2. The number of amides is 2. The number of benzene rings is 4. The summed E-state index contributed by atoms with van der Waals surface area (Å²) in [6.07, 6.45) is 1.90. The second-order valence-electron chi connectivity index (χ2n) is 10.9. The highest BCUT2D eigenvalue weighted by atomic mass is 79.9. The van der Waals surface area contributed by atoms with Crippen LogP contribution in [0, 0.1) is 0 Å². The maximum atomic E-state index is 14.6. The molecule has 1 unspecified atom stereocenters. The molecule has 0 saturated carbocycles. The lowest BCUT2D eigenvalue weighted by molar-refractivity contribution is -0.140. The smallest absolute Gasteiger partial charge is 0.264 e. The van der Waals surface area contributed by atoms with E-state index in [-0.39, 0.29) is 29.5 Å². The fraction of sp³-hybridized carbons (Fsp3) is 0.278. The van der Waals surface area contributed by atoms with Crippen LogP contribution in [0.3, 0.4) is 0 Å². The summed E-state index contributed by atoms with van der Waals surface area (Å²) in [5, 5.41) is 3.47. The molecule has 47 heavy (non-hydrogen) atoms. The van der Waals surface area contributed by atoms with Crippen LogP contribution < -0.4 is 14.4 Å². The number of nitrogens with one attached hydrogen (secondary N) is 1. The van der Waals surface area contributed by atoms with Crippen molar-refractivity contribution >= 4 is 55.1 Å². The SMILES string of the molecule is CCCCNC(=O)C(Cc1ccccc1)N(Cc1cccc(Cl)c1)C(=O)CN(c1ccc(OCC)cc1)S(=O)(=O)c1ccc(Br)cc1. The topological polar surface area (TPSA) is 96.0 Å². The maximum absolute atomic E-state index is 14.6. The Morgan fingerprint density at radius 1 is 0.894 bits per heavy atom. The van der Waals surface area contributed by atoms with Crippen molar-refractivity contribution < 1.29 is 22.7 Å². The quantitative estimate of drug-likeness (QED) is 0.122. The van der Waals surface area contributed by atoms with E-state index in [0.29, 0.717) is 34.0 Å². The van der Waals surface area contributed by atoms with Gasteiger partial charge in [0.05, 0.1) is 17.2 Å². The summed E-state index contributed by atoms with van der Waals surface area (Å²) in [5.74, 6) is -0.301. The summed E-state index contributed by atoms with van der Waals surface area (Å²) < 4.78 is 35.8. The van der Waals surface area contributed by atoms with Crippen molar-refractivity contribution in [1.29, 1.82) is 0 Å². The van der Waals surface area contributed by atoms with E-state index < -0.39 is 28.5 Å². The highest BCUT2D eigenvalue weighted by Crippen LogP contribution is 2.28. The van der Waals surface area contributed by atoms with Crippen molar-refractivity contribution in [2.45, 2.75) is 50.6 Å². The van der Waals surface area contributed by atoms with Crippen LogP contribution in [-0.4, -0.2) is 50.9 Å². The van der Waals surface area contributed by atoms with Crippen LogP contribution >= 0.6 is 27.5 Å². The van der Waals surface area contributed by atoms with Gasteiger partial charge in [0, 0.05) is 29.0 Å². The van der Waals surface area contributed by atoms with Crippen molar-refractivity contribution in [3.05, 3.63) is 124 Å². The number of nitrogens with zero attached hydrogens (tertiary/aromatic N) is 2. The predicted octanol–water partition coefficient (Wildman–Crippen LogP) is 7.25. The molecule has 0 radical (unpaired) electrons. The molecule has 4 rings (SSSR count). The fourth-order valence-electron chi connectivity index (χ4n) is 5.03. The molecule has 0 aliphatic heterocycles. The van der Waals surface area contributed by atoms with Crippen molar-refractivity contribution in [2.24, 2.45) is 0 Å². The molecule has 1 atom stereocenters. The maximum Gasteiger partial charge on any atom is 0.264 e. The minimum Gasteiger partial charge on any atom is -0.494 e. The third-order valence-electron chi connectivity index (χ3n) is 7.46. The van der Waals surface area contributed by atoms with Crippen LogP contribution in [-0.2, 0) is 32.6 Å². The van der Waals surface area contributed by atoms with Gasteiger partial charge in [-0.25, -0.2) is 8.42 Å². The Kier molecular flexibility index (Phi) is 13.3. The molecule has 0 aliphatic carbocycles. The molecule has 0 saturated heterocycles. The van der Waals surface area contributed by atoms with Crippen LogP contribution in [0.5, 0.6) is 5.75 Å². The second kappa shape index (κ2) is 17.3. The van der Waals surface area contributed by atoms with E-state index in [9.17, 15) is 18.0 Å². The number of carbonyl (C=O) groups is 2. The number of hydrogen-bond acceptors (Lipinski definition) is 5. The standard InChI is InChI=1S/C36H39BrClN3O5S/c1-3-5-22-39-36(43)34(24-27-10-7-6-8-11-27)40(25-28-12-9-13-30(38)23-28)35(42)26-41(31-16-18-32(19-17-31)46-4-2)47(44,45)33-20-14-29(37)15-21-33/h6-21,23,34H,3-5,22,24-26H2,1-2H3,(H,39,43). The zero-order valence-electron chi connectivity index (χ0n) is 26.4. The van der Waals surface area contributed by atoms with Crippen molar-refractivity contribution in [1.82, 2.24) is 10.2 Å². The van der Waals surface area contributed by atoms with E-state index in [4.69, 9.17) is 16.3 Å². The zero-order chi connectivity index (χ0) is 33.8. The molecule has 0 aliphatic rings. The molecule has 0 fully saturated rings. The third kappa shape index (κ3) is 10.1. The summed E-state index contributed by atoms with van der Waals surface area (Å²) in [6, 6.07) is 28.3. The molecule has 248 valence electrons. The number of sulfonamides is 1. The molecule has 0 heterocycles. The van der Waals surface area contributed by atoms with Gasteiger partial charge in [-0.1, -0.05) is 83.3 Å². The minimum atomic E-state index is -4.22. The zero-order valence-corrected chi connectivity index (χ0v) is 29.6. The van der Waals surface area contributed by atoms with E-state index in [2.05, 4.69) is 21.2 Å². The van der Waals surface area contributed by atoms with Gasteiger partial charge in [-0.2, -0.15) is 0 Å². The average Bonchev–Trinajstić information content (AvgIpc) is 3.06. The number of anilines is 1. The third-order valence-corrected chi connectivity index (χ3v) is 10.0. The highest BCUT2D eigenvalue weighted by Gasteiger charge is 2.34. The Morgan fingerprint density at radius 2 is 1.57 bits per heavy atom. The molecule has 0 bridgehead atoms. The average molecular weight is 741 g/mol. The first-order valence-corrected chi connectivity index (χ1v) is 18.1. The van der Waals surface area contributed by atoms with Gasteiger partial charge in [0.25, 0.3) is 10.0 Å². The first-order chi connectivity index (χ1) is 22.6. The molecular formula is C36H39BrClN3O5S. The lowest BCUT2D eigenvalue weighted by Gasteiger charge is -2.34. The second-order valence-corrected chi connectivity index (χ2v) is 14.1. The number of hydrogen-bond donors (Lipinski definition) is 1. The normalized spacial score (nSPS) is 11.8. The summed E-state index contributed by atoms with van der Waals surface area (Å²) >= 11 is 9.68. The van der Waals surface area contributed by atoms with Gasteiger partial charge in [-0.15, -0.1) is 0 Å². The van der Waals surface area contributed by atoms with E-state index in [1.165, 1.54) is 17.0 Å². The number of ether oxygens (including phenoxy) is 1. The summed E-state index contributed by atoms with van der Waals surface area (Å²) in [4.78, 5) is 29.9. The Morgan fingerprint density at radius 3 is 2.21 bits per heavy atom. The van der Waals surface area contributed by atoms with Gasteiger partial charge in [0.1, 0.15) is 18.3 Å². The van der Waals surface area contributed by atoms with Crippen molar-refractivity contribution in [3.63, 3.8) is 0 Å². The monoisotopic (exact) mass is 739 g/mol. The van der Waals surface area contributed by atoms with Gasteiger partial charge >= 0.3 is 0 Å². The van der Waals surface area contributed by atoms with Crippen LogP contribution in [0.25, 0.3) is 0 Å². The van der Waals surface area contributed by atoms with E-state index in [0.717, 1.165) is 22.7 Å². The molecule has 8 nitrogen and oxygen atoms in total. The minimum absolute atomic E-state index is 0.0157. The van der Waals surface area contributed by atoms with Gasteiger partial charge in [0.2, 0.25) is 11.8 Å². The largest absolute Gasteiger partial charge is 0.494 e. The molecule has 0 aromatic heterocycles. The summed E-state index contributed by atoms with van der Waals surface area (Å²) in [6.45, 7) is 4.27. The first-order valence-electron chi connectivity index (χ1n) is 15.5. The van der Waals surface area contributed by atoms with Gasteiger partial charge in [-0.05, 0) is 85.1 Å². The lowest BCUT2D eigenvalue weighted by atomic mass is 10.0. The molecule has 2 amide bonds. The van der Waals surface area contributed by atoms with Crippen molar-refractivity contribution in [3.8, 4) is 5.75 Å². The van der Waals surface area contributed by atoms with Gasteiger partial charge < -0.3 is 15.0 Å². The molecule has 1 N–H and O–H groups in total. The number of unbranched alkanes of at least 4 members (excludes halogenated alkanes) is 1. The summed E-state index contributed by atoms with van der Waals surface area (Å²) in [5.41, 5.74) is 1.84. The molecular weight excluding hydrogens is 702 g/mol. The lowest BCUT2D eigenvalue weighted by Crippen LogP contribution is -2.53. The van der Waals surface area contributed by atoms with E-state index >= 15 is 0 Å². The van der Waals surface area contributed by atoms with Crippen molar-refractivity contribution in [2.75, 3.05) is 24.0 Å². The molecule has 4 aromatic rings. The molecule has 11 heteroatoms. The Labute approximate surface area is 290 Å². The summed E-state index contributed by atoms with van der Waals surface area (Å²) in [7, 11) is -4.22. The Balaban J connectivity index is 1.79. The Bertz CT molecular complexity index is 1720. The highest BCUT2D eigenvalue weighted by molar-refractivity contribution is 9.10. The molecule has 4 aromatic carbocycles.